The molecule has 0 radical (unpaired) electrons. The van der Waals surface area contributed by atoms with E-state index in [0.29, 0.717) is 11.7 Å². The fourth-order valence-corrected chi connectivity index (χ4v) is 1.30. The van der Waals surface area contributed by atoms with E-state index in [0.717, 1.165) is 13.0 Å². The second-order valence-electron chi connectivity index (χ2n) is 3.68. The zero-order valence-corrected chi connectivity index (χ0v) is 9.99. The molecule has 1 unspecified atom stereocenters. The van der Waals surface area contributed by atoms with Crippen molar-refractivity contribution in [2.24, 2.45) is 5.92 Å². The Balaban J connectivity index is 2.72. The first kappa shape index (κ1) is 12.7. The minimum Gasteiger partial charge on any atom is -0.369 e. The van der Waals surface area contributed by atoms with E-state index in [4.69, 9.17) is 11.6 Å². The molecule has 0 aliphatic heterocycles. The molecule has 0 fully saturated rings. The first-order chi connectivity index (χ1) is 7.54. The first-order valence-electron chi connectivity index (χ1n) is 5.08. The summed E-state index contributed by atoms with van der Waals surface area (Å²) in [7, 11) is 0. The van der Waals surface area contributed by atoms with E-state index >= 15 is 0 Å². The molecule has 6 heteroatoms. The van der Waals surface area contributed by atoms with Crippen LogP contribution >= 0.6 is 11.6 Å². The van der Waals surface area contributed by atoms with Gasteiger partial charge < -0.3 is 5.32 Å². The molecule has 0 aliphatic rings. The van der Waals surface area contributed by atoms with Gasteiger partial charge in [-0.25, -0.2) is 4.98 Å². The number of hydrogen-bond acceptors (Lipinski definition) is 4. The smallest absolute Gasteiger partial charge is 0.289 e. The monoisotopic (exact) mass is 243 g/mol. The second-order valence-corrected chi connectivity index (χ2v) is 4.08. The molecule has 1 N–H and O–H groups in total. The average Bonchev–Trinajstić information content (AvgIpc) is 2.26. The molecule has 0 amide bonds. The molecule has 0 bridgehead atoms. The largest absolute Gasteiger partial charge is 0.369 e. The molecular weight excluding hydrogens is 230 g/mol. The van der Waals surface area contributed by atoms with Crippen LogP contribution in [-0.2, 0) is 0 Å². The number of nitro groups is 1. The lowest BCUT2D eigenvalue weighted by molar-refractivity contribution is -0.385. The van der Waals surface area contributed by atoms with Crippen molar-refractivity contribution in [1.29, 1.82) is 0 Å². The summed E-state index contributed by atoms with van der Waals surface area (Å²) < 4.78 is 0. The Labute approximate surface area is 99.0 Å². The number of rotatable bonds is 5. The average molecular weight is 244 g/mol. The van der Waals surface area contributed by atoms with Crippen molar-refractivity contribution in [2.45, 2.75) is 20.3 Å². The van der Waals surface area contributed by atoms with Crippen LogP contribution in [0, 0.1) is 16.0 Å². The fourth-order valence-electron chi connectivity index (χ4n) is 1.07. The van der Waals surface area contributed by atoms with Crippen LogP contribution in [0.25, 0.3) is 0 Å². The lowest BCUT2D eigenvalue weighted by atomic mass is 10.1. The molecule has 88 valence electrons. The standard InChI is InChI=1S/C10H14ClN3O2/c1-3-7(2)5-12-10-9(11)4-8(6-13-10)14(15)16/h4,6-7H,3,5H2,1-2H3,(H,12,13). The highest BCUT2D eigenvalue weighted by atomic mass is 35.5. The quantitative estimate of drug-likeness (QED) is 0.637. The number of nitrogens with one attached hydrogen (secondary N) is 1. The highest BCUT2D eigenvalue weighted by Crippen LogP contribution is 2.23. The molecule has 1 rings (SSSR count). The minimum atomic E-state index is -0.517. The Bertz CT molecular complexity index is 384. The Morgan fingerprint density at radius 2 is 2.38 bits per heavy atom. The van der Waals surface area contributed by atoms with Crippen molar-refractivity contribution in [2.75, 3.05) is 11.9 Å². The van der Waals surface area contributed by atoms with E-state index in [1.165, 1.54) is 12.3 Å². The maximum atomic E-state index is 10.5. The van der Waals surface area contributed by atoms with E-state index in [2.05, 4.69) is 24.1 Å². The van der Waals surface area contributed by atoms with E-state index in [-0.39, 0.29) is 10.7 Å². The van der Waals surface area contributed by atoms with E-state index in [9.17, 15) is 10.1 Å². The fraction of sp³-hybridized carbons (Fsp3) is 0.500. The van der Waals surface area contributed by atoms with Crippen molar-refractivity contribution < 1.29 is 4.92 Å². The molecule has 16 heavy (non-hydrogen) atoms. The van der Waals surface area contributed by atoms with Gasteiger partial charge in [0.25, 0.3) is 5.69 Å². The van der Waals surface area contributed by atoms with Crippen LogP contribution in [0.4, 0.5) is 11.5 Å². The minimum absolute atomic E-state index is 0.0981. The van der Waals surface area contributed by atoms with Crippen LogP contribution in [0.5, 0.6) is 0 Å². The van der Waals surface area contributed by atoms with Gasteiger partial charge in [0.05, 0.1) is 9.95 Å². The maximum Gasteiger partial charge on any atom is 0.289 e. The van der Waals surface area contributed by atoms with Gasteiger partial charge in [0.2, 0.25) is 0 Å². The van der Waals surface area contributed by atoms with Crippen molar-refractivity contribution in [1.82, 2.24) is 4.98 Å². The second kappa shape index (κ2) is 5.65. The number of anilines is 1. The molecule has 1 heterocycles. The summed E-state index contributed by atoms with van der Waals surface area (Å²) in [5.41, 5.74) is -0.0981. The van der Waals surface area contributed by atoms with Crippen molar-refractivity contribution in [3.8, 4) is 0 Å². The molecule has 1 aromatic heterocycles. The Hall–Kier alpha value is -1.36. The molecule has 0 saturated heterocycles. The zero-order chi connectivity index (χ0) is 12.1. The van der Waals surface area contributed by atoms with Crippen LogP contribution in [-0.4, -0.2) is 16.5 Å². The zero-order valence-electron chi connectivity index (χ0n) is 9.24. The van der Waals surface area contributed by atoms with Gasteiger partial charge in [0.1, 0.15) is 12.0 Å². The molecule has 0 aliphatic carbocycles. The predicted molar refractivity (Wildman–Crippen MR) is 63.8 cm³/mol. The summed E-state index contributed by atoms with van der Waals surface area (Å²) in [5.74, 6) is 1.00. The number of nitrogens with zero attached hydrogens (tertiary/aromatic N) is 2. The summed E-state index contributed by atoms with van der Waals surface area (Å²) in [6.45, 7) is 4.95. The van der Waals surface area contributed by atoms with Gasteiger partial charge in [-0.3, -0.25) is 10.1 Å². The maximum absolute atomic E-state index is 10.5. The van der Waals surface area contributed by atoms with Crippen LogP contribution in [0.3, 0.4) is 0 Å². The van der Waals surface area contributed by atoms with Crippen LogP contribution in [0.1, 0.15) is 20.3 Å². The summed E-state index contributed by atoms with van der Waals surface area (Å²) in [6.07, 6.45) is 2.25. The molecule has 0 aromatic carbocycles. The molecule has 5 nitrogen and oxygen atoms in total. The first-order valence-corrected chi connectivity index (χ1v) is 5.46. The van der Waals surface area contributed by atoms with Gasteiger partial charge in [0, 0.05) is 12.6 Å². The van der Waals surface area contributed by atoms with Crippen molar-refractivity contribution in [3.05, 3.63) is 27.4 Å². The normalized spacial score (nSPS) is 12.2. The summed E-state index contributed by atoms with van der Waals surface area (Å²) in [4.78, 5) is 13.9. The summed E-state index contributed by atoms with van der Waals surface area (Å²) >= 11 is 5.87. The highest BCUT2D eigenvalue weighted by molar-refractivity contribution is 6.33. The third-order valence-corrected chi connectivity index (χ3v) is 2.64. The molecule has 0 spiro atoms. The van der Waals surface area contributed by atoms with E-state index in [1.807, 2.05) is 0 Å². The van der Waals surface area contributed by atoms with Crippen molar-refractivity contribution >= 4 is 23.1 Å². The number of hydrogen-bond donors (Lipinski definition) is 1. The molecule has 1 aromatic rings. The molecule has 0 saturated carbocycles. The highest BCUT2D eigenvalue weighted by Gasteiger charge is 2.10. The van der Waals surface area contributed by atoms with Crippen LogP contribution < -0.4 is 5.32 Å². The van der Waals surface area contributed by atoms with E-state index < -0.39 is 4.92 Å². The third kappa shape index (κ3) is 3.34. The molecule has 1 atom stereocenters. The van der Waals surface area contributed by atoms with Crippen LogP contribution in [0.15, 0.2) is 12.3 Å². The lowest BCUT2D eigenvalue weighted by Crippen LogP contribution is -2.11. The Kier molecular flexibility index (Phi) is 4.49. The van der Waals surface area contributed by atoms with E-state index in [1.54, 1.807) is 0 Å². The molecular formula is C10H14ClN3O2. The van der Waals surface area contributed by atoms with Gasteiger partial charge in [0.15, 0.2) is 0 Å². The van der Waals surface area contributed by atoms with Gasteiger partial charge in [-0.1, -0.05) is 31.9 Å². The number of halogens is 1. The Morgan fingerprint density at radius 3 is 2.88 bits per heavy atom. The third-order valence-electron chi connectivity index (χ3n) is 2.35. The van der Waals surface area contributed by atoms with Gasteiger partial charge in [-0.15, -0.1) is 0 Å². The lowest BCUT2D eigenvalue weighted by Gasteiger charge is -2.11. The van der Waals surface area contributed by atoms with Gasteiger partial charge in [-0.05, 0) is 5.92 Å². The SMILES string of the molecule is CCC(C)CNc1ncc([N+](=O)[O-])cc1Cl. The summed E-state index contributed by atoms with van der Waals surface area (Å²) in [5, 5.41) is 13.8. The predicted octanol–water partition coefficient (Wildman–Crippen LogP) is 3.10. The number of pyridine rings is 1. The van der Waals surface area contributed by atoms with Crippen LogP contribution in [0.2, 0.25) is 5.02 Å². The summed E-state index contributed by atoms with van der Waals surface area (Å²) in [6, 6.07) is 1.30. The number of aromatic nitrogens is 1. The topological polar surface area (TPSA) is 68.1 Å². The van der Waals surface area contributed by atoms with Gasteiger partial charge >= 0.3 is 0 Å². The van der Waals surface area contributed by atoms with Gasteiger partial charge in [-0.2, -0.15) is 0 Å². The Morgan fingerprint density at radius 1 is 1.69 bits per heavy atom. The van der Waals surface area contributed by atoms with Crippen molar-refractivity contribution in [3.63, 3.8) is 0 Å².